The van der Waals surface area contributed by atoms with Crippen LogP contribution in [0.25, 0.3) is 0 Å². The zero-order valence-corrected chi connectivity index (χ0v) is 13.3. The second kappa shape index (κ2) is 7.68. The molecule has 2 nitrogen and oxygen atoms in total. The summed E-state index contributed by atoms with van der Waals surface area (Å²) in [7, 11) is 0. The minimum Gasteiger partial charge on any atom is -0.466 e. The molecule has 0 fully saturated rings. The van der Waals surface area contributed by atoms with Crippen LogP contribution in [0.15, 0.2) is 22.1 Å². The molecule has 1 unspecified atom stereocenters. The number of aryl methyl sites for hydroxylation is 2. The predicted molar refractivity (Wildman–Crippen MR) is 85.0 cm³/mol. The van der Waals surface area contributed by atoms with E-state index in [1.165, 1.54) is 50.5 Å². The highest BCUT2D eigenvalue weighted by Crippen LogP contribution is 2.32. The Morgan fingerprint density at radius 2 is 2.00 bits per heavy atom. The topological polar surface area (TPSA) is 25.2 Å². The van der Waals surface area contributed by atoms with E-state index in [4.69, 9.17) is 4.42 Å². The van der Waals surface area contributed by atoms with Crippen molar-refractivity contribution >= 4 is 0 Å². The monoisotopic (exact) mass is 275 g/mol. The molecule has 112 valence electrons. The first-order valence-electron chi connectivity index (χ1n) is 8.21. The van der Waals surface area contributed by atoms with Crippen molar-refractivity contribution in [3.05, 3.63) is 34.8 Å². The highest BCUT2D eigenvalue weighted by molar-refractivity contribution is 5.32. The average Bonchev–Trinajstić information content (AvgIpc) is 2.71. The van der Waals surface area contributed by atoms with E-state index in [0.29, 0.717) is 6.04 Å². The van der Waals surface area contributed by atoms with Gasteiger partial charge in [0.2, 0.25) is 0 Å². The number of allylic oxidation sites excluding steroid dienone is 1. The van der Waals surface area contributed by atoms with Crippen LogP contribution < -0.4 is 5.32 Å². The third kappa shape index (κ3) is 3.99. The van der Waals surface area contributed by atoms with Gasteiger partial charge in [-0.25, -0.2) is 0 Å². The molecule has 1 aliphatic rings. The Labute approximate surface area is 123 Å². The van der Waals surface area contributed by atoms with Gasteiger partial charge in [-0.15, -0.1) is 0 Å². The lowest BCUT2D eigenvalue weighted by Crippen LogP contribution is -2.24. The fraction of sp³-hybridized carbons (Fsp3) is 0.667. The largest absolute Gasteiger partial charge is 0.466 e. The highest BCUT2D eigenvalue weighted by atomic mass is 16.3. The lowest BCUT2D eigenvalue weighted by atomic mass is 9.91. The Kier molecular flexibility index (Phi) is 5.90. The molecule has 1 aliphatic carbocycles. The molecule has 0 saturated carbocycles. The molecular weight excluding hydrogens is 246 g/mol. The molecule has 1 aromatic rings. The van der Waals surface area contributed by atoms with E-state index >= 15 is 0 Å². The van der Waals surface area contributed by atoms with Crippen molar-refractivity contribution in [3.63, 3.8) is 0 Å². The summed E-state index contributed by atoms with van der Waals surface area (Å²) < 4.78 is 5.75. The first kappa shape index (κ1) is 15.4. The molecule has 0 aliphatic heterocycles. The number of rotatable bonds is 5. The zero-order chi connectivity index (χ0) is 14.4. The lowest BCUT2D eigenvalue weighted by Gasteiger charge is -2.23. The quantitative estimate of drug-likeness (QED) is 0.745. The van der Waals surface area contributed by atoms with Crippen molar-refractivity contribution in [1.29, 1.82) is 0 Å². The van der Waals surface area contributed by atoms with E-state index in [2.05, 4.69) is 31.3 Å². The highest BCUT2D eigenvalue weighted by Gasteiger charge is 2.20. The Balaban J connectivity index is 2.23. The van der Waals surface area contributed by atoms with Gasteiger partial charge in [0.25, 0.3) is 0 Å². The molecule has 2 heteroatoms. The molecule has 1 heterocycles. The SMILES string of the molecule is CCCNC(/C1=C/CCCCCC1)c1cc(C)oc1C. The summed E-state index contributed by atoms with van der Waals surface area (Å²) in [5.74, 6) is 2.09. The minimum atomic E-state index is 0.352. The maximum absolute atomic E-state index is 5.75. The van der Waals surface area contributed by atoms with Gasteiger partial charge in [0.1, 0.15) is 11.5 Å². The van der Waals surface area contributed by atoms with E-state index in [0.717, 1.165) is 18.1 Å². The molecule has 0 bridgehead atoms. The Morgan fingerprint density at radius 1 is 1.20 bits per heavy atom. The van der Waals surface area contributed by atoms with Gasteiger partial charge >= 0.3 is 0 Å². The normalized spacial score (nSPS) is 20.9. The second-order valence-electron chi connectivity index (χ2n) is 5.99. The van der Waals surface area contributed by atoms with Gasteiger partial charge in [-0.2, -0.15) is 0 Å². The predicted octanol–water partition coefficient (Wildman–Crippen LogP) is 5.22. The molecule has 0 amide bonds. The van der Waals surface area contributed by atoms with Crippen LogP contribution in [0, 0.1) is 13.8 Å². The van der Waals surface area contributed by atoms with Crippen LogP contribution >= 0.6 is 0 Å². The van der Waals surface area contributed by atoms with Crippen molar-refractivity contribution in [2.45, 2.75) is 71.8 Å². The standard InChI is InChI=1S/C18H29NO/c1-4-12-19-18(17-13-14(2)20-15(17)3)16-10-8-6-5-7-9-11-16/h10,13,18-19H,4-9,11-12H2,1-3H3/b16-10+. The van der Waals surface area contributed by atoms with Crippen LogP contribution in [-0.4, -0.2) is 6.54 Å². The first-order chi connectivity index (χ1) is 9.72. The molecular formula is C18H29NO. The summed E-state index contributed by atoms with van der Waals surface area (Å²) in [6.07, 6.45) is 11.5. The Bertz CT molecular complexity index is 444. The summed E-state index contributed by atoms with van der Waals surface area (Å²) in [4.78, 5) is 0. The fourth-order valence-electron chi connectivity index (χ4n) is 3.15. The van der Waals surface area contributed by atoms with Gasteiger partial charge in [0.15, 0.2) is 0 Å². The van der Waals surface area contributed by atoms with Crippen LogP contribution in [0.4, 0.5) is 0 Å². The Hall–Kier alpha value is -1.02. The third-order valence-electron chi connectivity index (χ3n) is 4.19. The van der Waals surface area contributed by atoms with Gasteiger partial charge in [0.05, 0.1) is 6.04 Å². The van der Waals surface area contributed by atoms with E-state index in [9.17, 15) is 0 Å². The van der Waals surface area contributed by atoms with Crippen LogP contribution in [0.2, 0.25) is 0 Å². The number of hydrogen-bond acceptors (Lipinski definition) is 2. The van der Waals surface area contributed by atoms with Crippen LogP contribution in [0.3, 0.4) is 0 Å². The molecule has 0 aromatic carbocycles. The lowest BCUT2D eigenvalue weighted by molar-refractivity contribution is 0.488. The molecule has 1 N–H and O–H groups in total. The van der Waals surface area contributed by atoms with Gasteiger partial charge in [-0.3, -0.25) is 0 Å². The molecule has 0 radical (unpaired) electrons. The summed E-state index contributed by atoms with van der Waals surface area (Å²) in [6.45, 7) is 7.42. The van der Waals surface area contributed by atoms with Crippen molar-refractivity contribution in [2.24, 2.45) is 0 Å². The fourth-order valence-corrected chi connectivity index (χ4v) is 3.15. The number of hydrogen-bond donors (Lipinski definition) is 1. The number of furan rings is 1. The summed E-state index contributed by atoms with van der Waals surface area (Å²) >= 11 is 0. The molecule has 1 aromatic heterocycles. The summed E-state index contributed by atoms with van der Waals surface area (Å²) in [5, 5.41) is 3.73. The van der Waals surface area contributed by atoms with Crippen LogP contribution in [0.5, 0.6) is 0 Å². The van der Waals surface area contributed by atoms with E-state index in [-0.39, 0.29) is 0 Å². The summed E-state index contributed by atoms with van der Waals surface area (Å²) in [6, 6.07) is 2.56. The van der Waals surface area contributed by atoms with Gasteiger partial charge in [0, 0.05) is 5.56 Å². The van der Waals surface area contributed by atoms with Gasteiger partial charge in [-0.1, -0.05) is 31.4 Å². The maximum Gasteiger partial charge on any atom is 0.106 e. The van der Waals surface area contributed by atoms with Crippen molar-refractivity contribution in [3.8, 4) is 0 Å². The Morgan fingerprint density at radius 3 is 2.70 bits per heavy atom. The average molecular weight is 275 g/mol. The van der Waals surface area contributed by atoms with Crippen molar-refractivity contribution in [1.82, 2.24) is 5.32 Å². The second-order valence-corrected chi connectivity index (χ2v) is 5.99. The third-order valence-corrected chi connectivity index (χ3v) is 4.19. The maximum atomic E-state index is 5.75. The van der Waals surface area contributed by atoms with Gasteiger partial charge < -0.3 is 9.73 Å². The zero-order valence-electron chi connectivity index (χ0n) is 13.3. The van der Waals surface area contributed by atoms with Gasteiger partial charge in [-0.05, 0) is 58.6 Å². The number of nitrogens with one attached hydrogen (secondary N) is 1. The van der Waals surface area contributed by atoms with E-state index in [1.54, 1.807) is 5.57 Å². The molecule has 20 heavy (non-hydrogen) atoms. The first-order valence-corrected chi connectivity index (χ1v) is 8.21. The molecule has 1 atom stereocenters. The van der Waals surface area contributed by atoms with E-state index in [1.807, 2.05) is 6.92 Å². The van der Waals surface area contributed by atoms with Crippen LogP contribution in [0.1, 0.15) is 75.0 Å². The van der Waals surface area contributed by atoms with E-state index < -0.39 is 0 Å². The summed E-state index contributed by atoms with van der Waals surface area (Å²) in [5.41, 5.74) is 2.91. The van der Waals surface area contributed by atoms with Crippen molar-refractivity contribution in [2.75, 3.05) is 6.54 Å². The molecule has 0 spiro atoms. The van der Waals surface area contributed by atoms with Crippen LogP contribution in [-0.2, 0) is 0 Å². The minimum absolute atomic E-state index is 0.352. The molecule has 0 saturated heterocycles. The molecule has 2 rings (SSSR count). The smallest absolute Gasteiger partial charge is 0.106 e. The van der Waals surface area contributed by atoms with Crippen molar-refractivity contribution < 1.29 is 4.42 Å².